The van der Waals surface area contributed by atoms with Gasteiger partial charge in [-0.05, 0) is 31.4 Å². The Bertz CT molecular complexity index is 540. The highest BCUT2D eigenvalue weighted by Gasteiger charge is 2.15. The lowest BCUT2D eigenvalue weighted by Crippen LogP contribution is -2.15. The van der Waals surface area contributed by atoms with Crippen LogP contribution in [-0.4, -0.2) is 24.7 Å². The first-order valence-corrected chi connectivity index (χ1v) is 7.08. The Kier molecular flexibility index (Phi) is 3.85. The molecular formula is C15H18N2O3. The third-order valence-corrected chi connectivity index (χ3v) is 3.50. The van der Waals surface area contributed by atoms with Crippen molar-refractivity contribution in [3.8, 4) is 11.5 Å². The molecule has 1 saturated carbocycles. The topological polar surface area (TPSA) is 59.9 Å². The molecular weight excluding hydrogens is 256 g/mol. The monoisotopic (exact) mass is 274 g/mol. The van der Waals surface area contributed by atoms with E-state index >= 15 is 0 Å². The molecule has 0 radical (unpaired) electrons. The molecule has 0 unspecified atom stereocenters. The summed E-state index contributed by atoms with van der Waals surface area (Å²) >= 11 is 0. The van der Waals surface area contributed by atoms with Crippen LogP contribution >= 0.6 is 0 Å². The third kappa shape index (κ3) is 2.92. The molecule has 0 spiro atoms. The first kappa shape index (κ1) is 13.0. The van der Waals surface area contributed by atoms with Gasteiger partial charge in [-0.3, -0.25) is 10.2 Å². The number of nitrogens with one attached hydrogen (secondary N) is 1. The van der Waals surface area contributed by atoms with Gasteiger partial charge >= 0.3 is 0 Å². The predicted octanol–water partition coefficient (Wildman–Crippen LogP) is 2.76. The van der Waals surface area contributed by atoms with Crippen LogP contribution in [0.25, 0.3) is 0 Å². The number of carbonyl (C=O) groups is 1. The van der Waals surface area contributed by atoms with Gasteiger partial charge in [-0.2, -0.15) is 5.10 Å². The minimum absolute atomic E-state index is 0.160. The zero-order valence-corrected chi connectivity index (χ0v) is 11.4. The number of hydrazone groups is 1. The zero-order valence-electron chi connectivity index (χ0n) is 11.4. The number of rotatable bonds is 2. The van der Waals surface area contributed by atoms with Gasteiger partial charge in [0, 0.05) is 12.5 Å². The number of Topliss-reactive ketones (excluding diaryl/α,β-unsaturated/α-hetero) is 1. The molecule has 5 heteroatoms. The van der Waals surface area contributed by atoms with Crippen molar-refractivity contribution in [2.75, 3.05) is 18.6 Å². The quantitative estimate of drug-likeness (QED) is 0.665. The molecule has 0 atom stereocenters. The minimum atomic E-state index is 0.160. The SMILES string of the molecule is O=C1CCCCC/C1=N\Nc1ccc2c(c1)OCCO2. The van der Waals surface area contributed by atoms with E-state index in [1.54, 1.807) is 0 Å². The van der Waals surface area contributed by atoms with Crippen LogP contribution in [0, 0.1) is 0 Å². The summed E-state index contributed by atoms with van der Waals surface area (Å²) in [4.78, 5) is 11.9. The molecule has 1 aromatic carbocycles. The van der Waals surface area contributed by atoms with E-state index in [4.69, 9.17) is 9.47 Å². The Morgan fingerprint density at radius 2 is 1.80 bits per heavy atom. The van der Waals surface area contributed by atoms with E-state index in [9.17, 15) is 4.79 Å². The predicted molar refractivity (Wildman–Crippen MR) is 76.6 cm³/mol. The molecule has 106 valence electrons. The van der Waals surface area contributed by atoms with E-state index in [0.29, 0.717) is 31.1 Å². The Morgan fingerprint density at radius 3 is 2.70 bits per heavy atom. The molecule has 3 rings (SSSR count). The van der Waals surface area contributed by atoms with Crippen LogP contribution in [0.15, 0.2) is 23.3 Å². The van der Waals surface area contributed by atoms with Crippen LogP contribution in [0.5, 0.6) is 11.5 Å². The van der Waals surface area contributed by atoms with Gasteiger partial charge in [0.1, 0.15) is 18.9 Å². The first-order chi connectivity index (χ1) is 9.83. The largest absolute Gasteiger partial charge is 0.486 e. The van der Waals surface area contributed by atoms with E-state index in [1.807, 2.05) is 18.2 Å². The summed E-state index contributed by atoms with van der Waals surface area (Å²) in [6, 6.07) is 5.57. The molecule has 0 bridgehead atoms. The van der Waals surface area contributed by atoms with Gasteiger partial charge in [-0.15, -0.1) is 0 Å². The van der Waals surface area contributed by atoms with Crippen LogP contribution in [0.4, 0.5) is 5.69 Å². The second kappa shape index (κ2) is 5.94. The van der Waals surface area contributed by atoms with Crippen molar-refractivity contribution in [3.05, 3.63) is 18.2 Å². The first-order valence-electron chi connectivity index (χ1n) is 7.08. The lowest BCUT2D eigenvalue weighted by molar-refractivity contribution is -0.113. The minimum Gasteiger partial charge on any atom is -0.486 e. The zero-order chi connectivity index (χ0) is 13.8. The van der Waals surface area contributed by atoms with Gasteiger partial charge in [0.25, 0.3) is 0 Å². The summed E-state index contributed by atoms with van der Waals surface area (Å²) in [5, 5.41) is 4.26. The number of hydrogen-bond acceptors (Lipinski definition) is 5. The summed E-state index contributed by atoms with van der Waals surface area (Å²) in [5.41, 5.74) is 4.41. The van der Waals surface area contributed by atoms with Gasteiger partial charge < -0.3 is 9.47 Å². The number of nitrogens with zero attached hydrogens (tertiary/aromatic N) is 1. The van der Waals surface area contributed by atoms with Crippen molar-refractivity contribution in [2.45, 2.75) is 32.1 Å². The Hall–Kier alpha value is -2.04. The third-order valence-electron chi connectivity index (χ3n) is 3.50. The molecule has 1 heterocycles. The van der Waals surface area contributed by atoms with E-state index in [2.05, 4.69) is 10.5 Å². The number of anilines is 1. The van der Waals surface area contributed by atoms with Gasteiger partial charge in [0.2, 0.25) is 0 Å². The molecule has 1 fully saturated rings. The Morgan fingerprint density at radius 1 is 1.00 bits per heavy atom. The van der Waals surface area contributed by atoms with Crippen LogP contribution in [0.1, 0.15) is 32.1 Å². The smallest absolute Gasteiger partial charge is 0.178 e. The summed E-state index contributed by atoms with van der Waals surface area (Å²) in [6.45, 7) is 1.14. The highest BCUT2D eigenvalue weighted by Crippen LogP contribution is 2.32. The number of carbonyl (C=O) groups excluding carboxylic acids is 1. The van der Waals surface area contributed by atoms with Crippen molar-refractivity contribution >= 4 is 17.2 Å². The van der Waals surface area contributed by atoms with E-state index < -0.39 is 0 Å². The molecule has 0 saturated heterocycles. The van der Waals surface area contributed by atoms with Gasteiger partial charge in [-0.25, -0.2) is 0 Å². The Balaban J connectivity index is 1.72. The van der Waals surface area contributed by atoms with Crippen LogP contribution in [-0.2, 0) is 4.79 Å². The summed E-state index contributed by atoms with van der Waals surface area (Å²) in [7, 11) is 0. The summed E-state index contributed by atoms with van der Waals surface area (Å²) in [6.07, 6.45) is 4.49. The van der Waals surface area contributed by atoms with Crippen molar-refractivity contribution in [2.24, 2.45) is 5.10 Å². The standard InChI is InChI=1S/C15H18N2O3/c18-13-5-3-1-2-4-12(13)17-16-11-6-7-14-15(10-11)20-9-8-19-14/h6-7,10,16H,1-5,8-9H2/b17-12+. The van der Waals surface area contributed by atoms with Gasteiger partial charge in [0.05, 0.1) is 5.69 Å². The second-order valence-corrected chi connectivity index (χ2v) is 5.01. The average Bonchev–Trinajstić information content (AvgIpc) is 2.69. The number of ether oxygens (including phenoxy) is 2. The fourth-order valence-corrected chi connectivity index (χ4v) is 2.40. The maximum absolute atomic E-state index is 11.9. The molecule has 0 aromatic heterocycles. The van der Waals surface area contributed by atoms with Gasteiger partial charge in [-0.1, -0.05) is 6.42 Å². The van der Waals surface area contributed by atoms with Crippen LogP contribution in [0.2, 0.25) is 0 Å². The molecule has 1 aromatic rings. The molecule has 1 N–H and O–H groups in total. The number of ketones is 1. The molecule has 2 aliphatic rings. The fourth-order valence-electron chi connectivity index (χ4n) is 2.40. The highest BCUT2D eigenvalue weighted by atomic mass is 16.6. The van der Waals surface area contributed by atoms with E-state index in [1.165, 1.54) is 0 Å². The molecule has 1 aliphatic heterocycles. The van der Waals surface area contributed by atoms with Crippen molar-refractivity contribution in [1.82, 2.24) is 0 Å². The molecule has 0 amide bonds. The van der Waals surface area contributed by atoms with Crippen molar-refractivity contribution < 1.29 is 14.3 Å². The molecule has 5 nitrogen and oxygen atoms in total. The Labute approximate surface area is 118 Å². The molecule has 20 heavy (non-hydrogen) atoms. The van der Waals surface area contributed by atoms with Gasteiger partial charge in [0.15, 0.2) is 17.3 Å². The van der Waals surface area contributed by atoms with Crippen LogP contribution < -0.4 is 14.9 Å². The number of benzene rings is 1. The highest BCUT2D eigenvalue weighted by molar-refractivity contribution is 6.40. The van der Waals surface area contributed by atoms with E-state index in [-0.39, 0.29) is 5.78 Å². The van der Waals surface area contributed by atoms with Crippen molar-refractivity contribution in [1.29, 1.82) is 0 Å². The second-order valence-electron chi connectivity index (χ2n) is 5.01. The lowest BCUT2D eigenvalue weighted by Gasteiger charge is -2.18. The maximum atomic E-state index is 11.9. The van der Waals surface area contributed by atoms with Crippen molar-refractivity contribution in [3.63, 3.8) is 0 Å². The summed E-state index contributed by atoms with van der Waals surface area (Å²) < 4.78 is 11.0. The maximum Gasteiger partial charge on any atom is 0.178 e. The normalized spacial score (nSPS) is 20.6. The lowest BCUT2D eigenvalue weighted by atomic mass is 10.1. The fraction of sp³-hybridized carbons (Fsp3) is 0.467. The van der Waals surface area contributed by atoms with Crippen LogP contribution in [0.3, 0.4) is 0 Å². The average molecular weight is 274 g/mol. The molecule has 1 aliphatic carbocycles. The number of hydrogen-bond donors (Lipinski definition) is 1. The van der Waals surface area contributed by atoms with E-state index in [0.717, 1.165) is 37.1 Å². The summed E-state index contributed by atoms with van der Waals surface area (Å²) in [5.74, 6) is 1.63. The number of fused-ring (bicyclic) bond motifs is 1.